The number of nitrogens with one attached hydrogen (secondary N) is 1. The third kappa shape index (κ3) is 2.37. The standard InChI is InChI=1S/C14H9F3N2O2/c15-10-5-2-6-11-12(10)19(14(20)18-11)8-3-1-4-9(7-8)21-13(16)17/h1-7,13H,(H,18,20). The topological polar surface area (TPSA) is 47.0 Å². The lowest BCUT2D eigenvalue weighted by Gasteiger charge is -2.08. The first-order valence-electron chi connectivity index (χ1n) is 6.01. The number of nitrogens with zero attached hydrogens (tertiary/aromatic N) is 1. The van der Waals surface area contributed by atoms with E-state index in [2.05, 4.69) is 9.72 Å². The average molecular weight is 294 g/mol. The minimum atomic E-state index is -2.98. The summed E-state index contributed by atoms with van der Waals surface area (Å²) in [4.78, 5) is 14.5. The lowest BCUT2D eigenvalue weighted by Crippen LogP contribution is -2.15. The number of imidazole rings is 1. The molecule has 3 aromatic rings. The van der Waals surface area contributed by atoms with Crippen molar-refractivity contribution in [2.75, 3.05) is 0 Å². The molecule has 4 nitrogen and oxygen atoms in total. The quantitative estimate of drug-likeness (QED) is 0.807. The smallest absolute Gasteiger partial charge is 0.387 e. The van der Waals surface area contributed by atoms with Crippen molar-refractivity contribution >= 4 is 11.0 Å². The van der Waals surface area contributed by atoms with Gasteiger partial charge in [0.05, 0.1) is 11.2 Å². The highest BCUT2D eigenvalue weighted by atomic mass is 19.3. The van der Waals surface area contributed by atoms with Crippen molar-refractivity contribution in [2.24, 2.45) is 0 Å². The number of hydrogen-bond donors (Lipinski definition) is 1. The summed E-state index contributed by atoms with van der Waals surface area (Å²) < 4.78 is 43.7. The predicted octanol–water partition coefficient (Wildman–Crippen LogP) is 3.06. The first-order valence-corrected chi connectivity index (χ1v) is 6.01. The van der Waals surface area contributed by atoms with E-state index in [1.165, 1.54) is 36.4 Å². The molecule has 0 radical (unpaired) electrons. The Morgan fingerprint density at radius 3 is 2.67 bits per heavy atom. The molecule has 2 aromatic carbocycles. The Kier molecular flexibility index (Phi) is 3.17. The molecule has 0 spiro atoms. The molecule has 0 fully saturated rings. The molecule has 1 N–H and O–H groups in total. The lowest BCUT2D eigenvalue weighted by molar-refractivity contribution is -0.0498. The molecule has 1 heterocycles. The summed E-state index contributed by atoms with van der Waals surface area (Å²) in [6.07, 6.45) is 0. The Bertz CT molecular complexity index is 855. The van der Waals surface area contributed by atoms with Gasteiger partial charge in [0.25, 0.3) is 0 Å². The Morgan fingerprint density at radius 1 is 1.14 bits per heavy atom. The fourth-order valence-corrected chi connectivity index (χ4v) is 2.16. The van der Waals surface area contributed by atoms with Crippen LogP contribution in [0.3, 0.4) is 0 Å². The zero-order valence-electron chi connectivity index (χ0n) is 10.5. The van der Waals surface area contributed by atoms with E-state index in [0.717, 1.165) is 4.57 Å². The zero-order chi connectivity index (χ0) is 15.0. The van der Waals surface area contributed by atoms with E-state index in [0.29, 0.717) is 5.52 Å². The van der Waals surface area contributed by atoms with Crippen molar-refractivity contribution < 1.29 is 17.9 Å². The highest BCUT2D eigenvalue weighted by Gasteiger charge is 2.13. The summed E-state index contributed by atoms with van der Waals surface area (Å²) in [6, 6.07) is 9.74. The van der Waals surface area contributed by atoms with E-state index >= 15 is 0 Å². The van der Waals surface area contributed by atoms with Gasteiger partial charge in [0.15, 0.2) is 0 Å². The second kappa shape index (κ2) is 5.01. The SMILES string of the molecule is O=c1[nH]c2cccc(F)c2n1-c1cccc(OC(F)F)c1. The summed E-state index contributed by atoms with van der Waals surface area (Å²) in [6.45, 7) is -2.98. The van der Waals surface area contributed by atoms with E-state index in [1.807, 2.05) is 0 Å². The number of hydrogen-bond acceptors (Lipinski definition) is 2. The monoisotopic (exact) mass is 294 g/mol. The highest BCUT2D eigenvalue weighted by Crippen LogP contribution is 2.22. The van der Waals surface area contributed by atoms with Crippen molar-refractivity contribution in [1.82, 2.24) is 9.55 Å². The molecule has 0 aliphatic carbocycles. The van der Waals surface area contributed by atoms with E-state index in [1.54, 1.807) is 6.07 Å². The molecule has 0 saturated heterocycles. The van der Waals surface area contributed by atoms with Gasteiger partial charge in [0.1, 0.15) is 17.1 Å². The Morgan fingerprint density at radius 2 is 1.90 bits per heavy atom. The summed E-state index contributed by atoms with van der Waals surface area (Å²) in [5.74, 6) is -0.703. The number of rotatable bonds is 3. The maximum Gasteiger partial charge on any atom is 0.387 e. The number of fused-ring (bicyclic) bond motifs is 1. The van der Waals surface area contributed by atoms with Crippen LogP contribution in [0.1, 0.15) is 0 Å². The molecular formula is C14H9F3N2O2. The van der Waals surface area contributed by atoms with Crippen LogP contribution >= 0.6 is 0 Å². The molecule has 0 atom stereocenters. The van der Waals surface area contributed by atoms with Gasteiger partial charge < -0.3 is 9.72 Å². The molecule has 1 aromatic heterocycles. The van der Waals surface area contributed by atoms with Gasteiger partial charge in [-0.1, -0.05) is 12.1 Å². The predicted molar refractivity (Wildman–Crippen MR) is 70.5 cm³/mol. The van der Waals surface area contributed by atoms with Crippen molar-refractivity contribution in [2.45, 2.75) is 6.61 Å². The Hall–Kier alpha value is -2.70. The first kappa shape index (κ1) is 13.3. The Labute approximate surface area is 116 Å². The number of aromatic amines is 1. The molecule has 0 unspecified atom stereocenters. The van der Waals surface area contributed by atoms with Gasteiger partial charge in [-0.15, -0.1) is 0 Å². The number of halogens is 3. The number of alkyl halides is 2. The van der Waals surface area contributed by atoms with Crippen LogP contribution < -0.4 is 10.4 Å². The molecule has 21 heavy (non-hydrogen) atoms. The molecule has 7 heteroatoms. The minimum Gasteiger partial charge on any atom is -0.435 e. The van der Waals surface area contributed by atoms with Crippen molar-refractivity contribution in [1.29, 1.82) is 0 Å². The van der Waals surface area contributed by atoms with Crippen molar-refractivity contribution in [3.8, 4) is 11.4 Å². The third-order valence-electron chi connectivity index (χ3n) is 2.96. The van der Waals surface area contributed by atoms with E-state index in [4.69, 9.17) is 0 Å². The van der Waals surface area contributed by atoms with Crippen LogP contribution in [0.4, 0.5) is 13.2 Å². The molecule has 0 bridgehead atoms. The zero-order valence-corrected chi connectivity index (χ0v) is 10.5. The summed E-state index contributed by atoms with van der Waals surface area (Å²) in [7, 11) is 0. The number of para-hydroxylation sites is 1. The molecule has 0 aliphatic heterocycles. The first-order chi connectivity index (χ1) is 10.1. The highest BCUT2D eigenvalue weighted by molar-refractivity contribution is 5.78. The number of ether oxygens (including phenoxy) is 1. The normalized spacial score (nSPS) is 11.2. The van der Waals surface area contributed by atoms with Crippen molar-refractivity contribution in [3.63, 3.8) is 0 Å². The van der Waals surface area contributed by atoms with E-state index < -0.39 is 18.1 Å². The van der Waals surface area contributed by atoms with Crippen LogP contribution in [-0.2, 0) is 0 Å². The third-order valence-corrected chi connectivity index (χ3v) is 2.96. The molecule has 0 amide bonds. The largest absolute Gasteiger partial charge is 0.435 e. The maximum atomic E-state index is 13.9. The fraction of sp³-hybridized carbons (Fsp3) is 0.0714. The van der Waals surface area contributed by atoms with Crippen LogP contribution in [0.25, 0.3) is 16.7 Å². The van der Waals surface area contributed by atoms with Gasteiger partial charge in [0.2, 0.25) is 0 Å². The fourth-order valence-electron chi connectivity index (χ4n) is 2.16. The summed E-state index contributed by atoms with van der Waals surface area (Å²) >= 11 is 0. The second-order valence-electron chi connectivity index (χ2n) is 4.28. The molecule has 3 rings (SSSR count). The average Bonchev–Trinajstić information content (AvgIpc) is 2.76. The lowest BCUT2D eigenvalue weighted by atomic mass is 10.2. The van der Waals surface area contributed by atoms with Crippen LogP contribution in [-0.4, -0.2) is 16.2 Å². The molecule has 108 valence electrons. The minimum absolute atomic E-state index is 0.0525. The van der Waals surface area contributed by atoms with Gasteiger partial charge >= 0.3 is 12.3 Å². The molecule has 0 saturated carbocycles. The van der Waals surface area contributed by atoms with Gasteiger partial charge in [-0.25, -0.2) is 9.18 Å². The maximum absolute atomic E-state index is 13.9. The molecular weight excluding hydrogens is 285 g/mol. The number of aromatic nitrogens is 2. The van der Waals surface area contributed by atoms with Crippen molar-refractivity contribution in [3.05, 3.63) is 58.8 Å². The van der Waals surface area contributed by atoms with Crippen LogP contribution in [0, 0.1) is 5.82 Å². The van der Waals surface area contributed by atoms with Crippen LogP contribution in [0.5, 0.6) is 5.75 Å². The van der Waals surface area contributed by atoms with E-state index in [9.17, 15) is 18.0 Å². The summed E-state index contributed by atoms with van der Waals surface area (Å²) in [5.41, 5.74) is 0.0377. The van der Waals surface area contributed by atoms with E-state index in [-0.39, 0.29) is 17.0 Å². The second-order valence-corrected chi connectivity index (χ2v) is 4.28. The van der Waals surface area contributed by atoms with Crippen LogP contribution in [0.15, 0.2) is 47.3 Å². The summed E-state index contributed by atoms with van der Waals surface area (Å²) in [5, 5.41) is 0. The number of H-pyrrole nitrogens is 1. The number of benzene rings is 2. The van der Waals surface area contributed by atoms with Gasteiger partial charge in [0, 0.05) is 6.07 Å². The molecule has 0 aliphatic rings. The van der Waals surface area contributed by atoms with Gasteiger partial charge in [-0.05, 0) is 24.3 Å². The van der Waals surface area contributed by atoms with Crippen LogP contribution in [0.2, 0.25) is 0 Å². The van der Waals surface area contributed by atoms with Gasteiger partial charge in [-0.2, -0.15) is 8.78 Å². The van der Waals surface area contributed by atoms with Gasteiger partial charge in [-0.3, -0.25) is 4.57 Å². The Balaban J connectivity index is 2.21.